The van der Waals surface area contributed by atoms with Gasteiger partial charge in [0, 0.05) is 12.7 Å². The van der Waals surface area contributed by atoms with E-state index in [1.54, 1.807) is 16.8 Å². The van der Waals surface area contributed by atoms with Crippen molar-refractivity contribution >= 4 is 28.9 Å². The summed E-state index contributed by atoms with van der Waals surface area (Å²) in [7, 11) is 1.85. The van der Waals surface area contributed by atoms with E-state index in [-0.39, 0.29) is 0 Å². The van der Waals surface area contributed by atoms with Crippen LogP contribution in [0.4, 0.5) is 5.69 Å². The van der Waals surface area contributed by atoms with E-state index in [0.29, 0.717) is 16.6 Å². The Morgan fingerprint density at radius 3 is 2.75 bits per heavy atom. The Bertz CT molecular complexity index is 495. The van der Waals surface area contributed by atoms with Gasteiger partial charge < -0.3 is 5.32 Å². The summed E-state index contributed by atoms with van der Waals surface area (Å²) in [5.41, 5.74) is 0.900. The molecule has 1 aromatic heterocycles. The highest BCUT2D eigenvalue weighted by Crippen LogP contribution is 2.25. The van der Waals surface area contributed by atoms with Crippen molar-refractivity contribution in [3.8, 4) is 0 Å². The summed E-state index contributed by atoms with van der Waals surface area (Å²) in [6, 6.07) is 5.40. The first-order valence-corrected chi connectivity index (χ1v) is 5.44. The summed E-state index contributed by atoms with van der Waals surface area (Å²) < 4.78 is 1.71. The van der Waals surface area contributed by atoms with Gasteiger partial charge in [0.1, 0.15) is 12.2 Å². The predicted molar refractivity (Wildman–Crippen MR) is 64.8 cm³/mol. The third kappa shape index (κ3) is 2.46. The molecule has 0 fully saturated rings. The second-order valence-corrected chi connectivity index (χ2v) is 4.10. The fraction of sp³-hybridized carbons (Fsp3) is 0.200. The highest BCUT2D eigenvalue weighted by Gasteiger charge is 2.02. The fourth-order valence-corrected chi connectivity index (χ4v) is 1.57. The summed E-state index contributed by atoms with van der Waals surface area (Å²) in [5.74, 6) is 0.853. The minimum absolute atomic E-state index is 0.532. The zero-order valence-electron chi connectivity index (χ0n) is 8.61. The molecule has 0 unspecified atom stereocenters. The number of rotatable bonds is 3. The van der Waals surface area contributed by atoms with E-state index in [0.717, 1.165) is 11.5 Å². The number of anilines is 1. The maximum atomic E-state index is 5.90. The topological polar surface area (TPSA) is 42.7 Å². The van der Waals surface area contributed by atoms with E-state index in [1.807, 2.05) is 13.1 Å². The van der Waals surface area contributed by atoms with Gasteiger partial charge in [-0.3, -0.25) is 4.68 Å². The molecule has 1 heterocycles. The number of hydrogen-bond acceptors (Lipinski definition) is 3. The van der Waals surface area contributed by atoms with Gasteiger partial charge in [0.05, 0.1) is 16.6 Å². The maximum Gasteiger partial charge on any atom is 0.145 e. The smallest absolute Gasteiger partial charge is 0.145 e. The minimum atomic E-state index is 0.532. The van der Waals surface area contributed by atoms with Gasteiger partial charge in [-0.2, -0.15) is 5.10 Å². The number of nitrogens with zero attached hydrogens (tertiary/aromatic N) is 3. The minimum Gasteiger partial charge on any atom is -0.378 e. The van der Waals surface area contributed by atoms with Gasteiger partial charge in [0.25, 0.3) is 0 Å². The first kappa shape index (κ1) is 11.2. The van der Waals surface area contributed by atoms with Crippen LogP contribution in [0.3, 0.4) is 0 Å². The monoisotopic (exact) mass is 256 g/mol. The molecule has 0 atom stereocenters. The van der Waals surface area contributed by atoms with Crippen LogP contribution in [0.15, 0.2) is 24.5 Å². The second kappa shape index (κ2) is 4.72. The Morgan fingerprint density at radius 2 is 2.12 bits per heavy atom. The fourth-order valence-electron chi connectivity index (χ4n) is 1.27. The lowest BCUT2D eigenvalue weighted by Gasteiger charge is -2.06. The summed E-state index contributed by atoms with van der Waals surface area (Å²) in [5, 5.41) is 8.25. The van der Waals surface area contributed by atoms with E-state index in [9.17, 15) is 0 Å². The normalized spacial score (nSPS) is 10.4. The first-order valence-electron chi connectivity index (χ1n) is 4.68. The Hall–Kier alpha value is -1.26. The molecule has 0 aliphatic rings. The van der Waals surface area contributed by atoms with Crippen LogP contribution >= 0.6 is 23.2 Å². The van der Waals surface area contributed by atoms with Crippen molar-refractivity contribution in [2.75, 3.05) is 5.32 Å². The Kier molecular flexibility index (Phi) is 3.31. The third-order valence-electron chi connectivity index (χ3n) is 2.18. The van der Waals surface area contributed by atoms with E-state index in [2.05, 4.69) is 15.4 Å². The lowest BCUT2D eigenvalue weighted by atomic mass is 10.3. The van der Waals surface area contributed by atoms with Crippen molar-refractivity contribution < 1.29 is 0 Å². The van der Waals surface area contributed by atoms with Crippen LogP contribution in [0, 0.1) is 0 Å². The van der Waals surface area contributed by atoms with E-state index < -0.39 is 0 Å². The van der Waals surface area contributed by atoms with Crippen molar-refractivity contribution in [1.29, 1.82) is 0 Å². The molecule has 1 N–H and O–H groups in total. The molecule has 4 nitrogen and oxygen atoms in total. The summed E-state index contributed by atoms with van der Waals surface area (Å²) in [6.07, 6.45) is 1.52. The first-order chi connectivity index (χ1) is 7.66. The van der Waals surface area contributed by atoms with Crippen LogP contribution in [0.5, 0.6) is 0 Å². The van der Waals surface area contributed by atoms with E-state index in [4.69, 9.17) is 23.2 Å². The number of hydrogen-bond donors (Lipinski definition) is 1. The largest absolute Gasteiger partial charge is 0.378 e. The molecule has 0 amide bonds. The van der Waals surface area contributed by atoms with E-state index in [1.165, 1.54) is 6.33 Å². The Labute approximate surface area is 103 Å². The number of aromatic nitrogens is 3. The van der Waals surface area contributed by atoms with Crippen molar-refractivity contribution in [2.45, 2.75) is 6.54 Å². The average Bonchev–Trinajstić information content (AvgIpc) is 2.66. The highest BCUT2D eigenvalue weighted by atomic mass is 35.5. The standard InChI is InChI=1S/C10H10Cl2N4/c1-16-10(14-6-15-16)5-13-7-2-3-8(11)9(12)4-7/h2-4,6,13H,5H2,1H3. The van der Waals surface area contributed by atoms with Crippen molar-refractivity contribution in [2.24, 2.45) is 7.05 Å². The summed E-state index contributed by atoms with van der Waals surface area (Å²) in [6.45, 7) is 0.592. The summed E-state index contributed by atoms with van der Waals surface area (Å²) >= 11 is 11.7. The highest BCUT2D eigenvalue weighted by molar-refractivity contribution is 6.42. The van der Waals surface area contributed by atoms with Crippen LogP contribution < -0.4 is 5.32 Å². The molecule has 84 valence electrons. The third-order valence-corrected chi connectivity index (χ3v) is 2.91. The Morgan fingerprint density at radius 1 is 1.31 bits per heavy atom. The van der Waals surface area contributed by atoms with Crippen LogP contribution in [0.25, 0.3) is 0 Å². The molecule has 0 aliphatic heterocycles. The SMILES string of the molecule is Cn1ncnc1CNc1ccc(Cl)c(Cl)c1. The molecule has 0 aliphatic carbocycles. The molecule has 16 heavy (non-hydrogen) atoms. The molecule has 2 aromatic rings. The van der Waals surface area contributed by atoms with Gasteiger partial charge in [-0.05, 0) is 18.2 Å². The molecule has 0 radical (unpaired) electrons. The van der Waals surface area contributed by atoms with Gasteiger partial charge in [0.15, 0.2) is 0 Å². The molecular formula is C10H10Cl2N4. The predicted octanol–water partition coefficient (Wildman–Crippen LogP) is 2.73. The van der Waals surface area contributed by atoms with Crippen LogP contribution in [-0.2, 0) is 13.6 Å². The maximum absolute atomic E-state index is 5.90. The van der Waals surface area contributed by atoms with Gasteiger partial charge in [-0.25, -0.2) is 4.98 Å². The van der Waals surface area contributed by atoms with Crippen LogP contribution in [0.1, 0.15) is 5.82 Å². The lowest BCUT2D eigenvalue weighted by molar-refractivity contribution is 0.712. The number of benzene rings is 1. The van der Waals surface area contributed by atoms with Gasteiger partial charge in [-0.15, -0.1) is 0 Å². The number of aryl methyl sites for hydroxylation is 1. The molecular weight excluding hydrogens is 247 g/mol. The van der Waals surface area contributed by atoms with E-state index >= 15 is 0 Å². The van der Waals surface area contributed by atoms with Crippen molar-refractivity contribution in [3.63, 3.8) is 0 Å². The molecule has 6 heteroatoms. The molecule has 1 aromatic carbocycles. The quantitative estimate of drug-likeness (QED) is 0.919. The number of halogens is 2. The second-order valence-electron chi connectivity index (χ2n) is 3.28. The van der Waals surface area contributed by atoms with Crippen LogP contribution in [-0.4, -0.2) is 14.8 Å². The molecule has 0 saturated carbocycles. The van der Waals surface area contributed by atoms with Crippen molar-refractivity contribution in [1.82, 2.24) is 14.8 Å². The lowest BCUT2D eigenvalue weighted by Crippen LogP contribution is -2.06. The zero-order valence-corrected chi connectivity index (χ0v) is 10.1. The molecule has 0 bridgehead atoms. The van der Waals surface area contributed by atoms with Gasteiger partial charge in [-0.1, -0.05) is 23.2 Å². The number of nitrogens with one attached hydrogen (secondary N) is 1. The van der Waals surface area contributed by atoms with Gasteiger partial charge >= 0.3 is 0 Å². The van der Waals surface area contributed by atoms with Gasteiger partial charge in [0.2, 0.25) is 0 Å². The molecule has 0 saturated heterocycles. The summed E-state index contributed by atoms with van der Waals surface area (Å²) in [4.78, 5) is 4.10. The Balaban J connectivity index is 2.05. The van der Waals surface area contributed by atoms with Crippen molar-refractivity contribution in [3.05, 3.63) is 40.4 Å². The molecule has 2 rings (SSSR count). The molecule has 0 spiro atoms. The van der Waals surface area contributed by atoms with Crippen LogP contribution in [0.2, 0.25) is 10.0 Å². The average molecular weight is 257 g/mol. The zero-order chi connectivity index (χ0) is 11.5.